The normalized spacial score (nSPS) is 10.4. The number of pyridine rings is 1. The van der Waals surface area contributed by atoms with Gasteiger partial charge >= 0.3 is 5.97 Å². The fourth-order valence-electron chi connectivity index (χ4n) is 2.23. The van der Waals surface area contributed by atoms with Crippen LogP contribution in [0.5, 0.6) is 0 Å². The molecule has 23 heavy (non-hydrogen) atoms. The summed E-state index contributed by atoms with van der Waals surface area (Å²) >= 11 is 7.17. The maximum atomic E-state index is 12.4. The van der Waals surface area contributed by atoms with Gasteiger partial charge in [0.15, 0.2) is 0 Å². The van der Waals surface area contributed by atoms with Gasteiger partial charge in [-0.1, -0.05) is 18.5 Å². The van der Waals surface area contributed by atoms with E-state index in [2.05, 4.69) is 10.3 Å². The molecule has 7 heteroatoms. The number of rotatable bonds is 5. The van der Waals surface area contributed by atoms with Crippen molar-refractivity contribution in [3.05, 3.63) is 45.1 Å². The van der Waals surface area contributed by atoms with E-state index < -0.39 is 5.97 Å². The van der Waals surface area contributed by atoms with Crippen molar-refractivity contribution in [3.8, 4) is 0 Å². The fourth-order valence-corrected chi connectivity index (χ4v) is 3.53. The Kier molecular flexibility index (Phi) is 5.74. The lowest BCUT2D eigenvalue weighted by molar-refractivity contribution is 0.0527. The molecule has 2 heterocycles. The summed E-state index contributed by atoms with van der Waals surface area (Å²) < 4.78 is 5.12. The van der Waals surface area contributed by atoms with E-state index in [-0.39, 0.29) is 17.7 Å². The van der Waals surface area contributed by atoms with Gasteiger partial charge in [0.2, 0.25) is 0 Å². The second-order valence-corrected chi connectivity index (χ2v) is 6.35. The number of carbonyl (C=O) groups is 2. The van der Waals surface area contributed by atoms with Gasteiger partial charge in [0, 0.05) is 16.6 Å². The molecule has 0 bridgehead atoms. The van der Waals surface area contributed by atoms with E-state index >= 15 is 0 Å². The Morgan fingerprint density at radius 3 is 2.74 bits per heavy atom. The first-order valence-corrected chi connectivity index (χ1v) is 8.39. The summed E-state index contributed by atoms with van der Waals surface area (Å²) in [4.78, 5) is 29.4. The summed E-state index contributed by atoms with van der Waals surface area (Å²) in [6, 6.07) is 3.04. The summed E-state index contributed by atoms with van der Waals surface area (Å²) in [5, 5.41) is 3.51. The summed E-state index contributed by atoms with van der Waals surface area (Å²) in [6.07, 6.45) is 2.15. The summed E-state index contributed by atoms with van der Waals surface area (Å²) in [5.41, 5.74) is 1.71. The van der Waals surface area contributed by atoms with Crippen molar-refractivity contribution < 1.29 is 14.3 Å². The first-order valence-electron chi connectivity index (χ1n) is 7.20. The third kappa shape index (κ3) is 3.89. The lowest BCUT2D eigenvalue weighted by atomic mass is 10.1. The van der Waals surface area contributed by atoms with Crippen LogP contribution in [0.3, 0.4) is 0 Å². The number of amides is 1. The van der Waals surface area contributed by atoms with Crippen molar-refractivity contribution in [2.45, 2.75) is 27.2 Å². The van der Waals surface area contributed by atoms with Crippen LogP contribution in [0.15, 0.2) is 18.3 Å². The Morgan fingerprint density at radius 2 is 2.13 bits per heavy atom. The maximum absolute atomic E-state index is 12.4. The molecule has 0 aliphatic rings. The lowest BCUT2D eigenvalue weighted by Crippen LogP contribution is -2.15. The molecule has 0 radical (unpaired) electrons. The van der Waals surface area contributed by atoms with E-state index in [4.69, 9.17) is 16.3 Å². The number of nitrogens with zero attached hydrogens (tertiary/aromatic N) is 1. The molecule has 2 rings (SSSR count). The molecule has 2 aromatic rings. The third-order valence-corrected chi connectivity index (χ3v) is 4.53. The monoisotopic (exact) mass is 352 g/mol. The smallest absolute Gasteiger partial charge is 0.341 e. The minimum atomic E-state index is -0.420. The van der Waals surface area contributed by atoms with Gasteiger partial charge in [0.1, 0.15) is 10.2 Å². The zero-order chi connectivity index (χ0) is 17.0. The topological polar surface area (TPSA) is 68.3 Å². The number of aryl methyl sites for hydroxylation is 1. The van der Waals surface area contributed by atoms with Gasteiger partial charge in [0.05, 0.1) is 12.2 Å². The minimum absolute atomic E-state index is 0.236. The van der Waals surface area contributed by atoms with Crippen molar-refractivity contribution in [2.24, 2.45) is 0 Å². The van der Waals surface area contributed by atoms with E-state index in [0.29, 0.717) is 22.5 Å². The van der Waals surface area contributed by atoms with E-state index in [1.165, 1.54) is 23.6 Å². The average molecular weight is 353 g/mol. The number of carbonyl (C=O) groups excluding carboxylic acids is 2. The first kappa shape index (κ1) is 17.4. The van der Waals surface area contributed by atoms with E-state index in [1.807, 2.05) is 13.8 Å². The van der Waals surface area contributed by atoms with Gasteiger partial charge in [-0.15, -0.1) is 11.3 Å². The van der Waals surface area contributed by atoms with E-state index in [0.717, 1.165) is 10.4 Å². The molecule has 122 valence electrons. The Morgan fingerprint density at radius 1 is 1.39 bits per heavy atom. The van der Waals surface area contributed by atoms with Gasteiger partial charge in [0.25, 0.3) is 5.91 Å². The molecule has 0 unspecified atom stereocenters. The van der Waals surface area contributed by atoms with Gasteiger partial charge in [-0.05, 0) is 38.0 Å². The highest BCUT2D eigenvalue weighted by molar-refractivity contribution is 7.16. The molecule has 1 amide bonds. The van der Waals surface area contributed by atoms with Crippen molar-refractivity contribution >= 4 is 39.8 Å². The number of ether oxygens (including phenoxy) is 1. The van der Waals surface area contributed by atoms with Crippen LogP contribution in [-0.4, -0.2) is 23.5 Å². The molecule has 0 saturated heterocycles. The zero-order valence-electron chi connectivity index (χ0n) is 13.1. The lowest BCUT2D eigenvalue weighted by Gasteiger charge is -2.08. The van der Waals surface area contributed by atoms with Crippen LogP contribution >= 0.6 is 22.9 Å². The highest BCUT2D eigenvalue weighted by atomic mass is 35.5. The maximum Gasteiger partial charge on any atom is 0.341 e. The molecule has 1 N–H and O–H groups in total. The molecule has 0 spiro atoms. The number of halogens is 1. The van der Waals surface area contributed by atoms with Crippen LogP contribution < -0.4 is 5.32 Å². The largest absolute Gasteiger partial charge is 0.462 e. The molecule has 5 nitrogen and oxygen atoms in total. The van der Waals surface area contributed by atoms with E-state index in [1.54, 1.807) is 13.0 Å². The summed E-state index contributed by atoms with van der Waals surface area (Å²) in [7, 11) is 0. The van der Waals surface area contributed by atoms with Crippen LogP contribution in [0.2, 0.25) is 5.15 Å². The van der Waals surface area contributed by atoms with Crippen molar-refractivity contribution in [2.75, 3.05) is 11.9 Å². The van der Waals surface area contributed by atoms with Crippen LogP contribution in [0, 0.1) is 6.92 Å². The molecule has 2 aromatic heterocycles. The van der Waals surface area contributed by atoms with E-state index in [9.17, 15) is 9.59 Å². The first-order chi connectivity index (χ1) is 11.0. The molecule has 0 saturated carbocycles. The number of nitrogens with one attached hydrogen (secondary N) is 1. The number of hydrogen-bond donors (Lipinski definition) is 1. The highest BCUT2D eigenvalue weighted by Gasteiger charge is 2.23. The predicted octanol–water partition coefficient (Wildman–Crippen LogP) is 4.10. The van der Waals surface area contributed by atoms with Crippen molar-refractivity contribution in [1.29, 1.82) is 0 Å². The van der Waals surface area contributed by atoms with Gasteiger partial charge in [-0.2, -0.15) is 0 Å². The highest BCUT2D eigenvalue weighted by Crippen LogP contribution is 2.34. The van der Waals surface area contributed by atoms with Crippen LogP contribution in [0.1, 0.15) is 45.0 Å². The Labute approximate surface area is 143 Å². The van der Waals surface area contributed by atoms with Crippen LogP contribution in [0.25, 0.3) is 0 Å². The molecular weight excluding hydrogens is 336 g/mol. The standard InChI is InChI=1S/C16H17ClN2O3S/c1-4-11-9(3)23-15(13(11)16(21)22-5-2)19-14(20)10-6-7-18-12(17)8-10/h6-8H,4-5H2,1-3H3,(H,19,20). The number of aromatic nitrogens is 1. The Balaban J connectivity index is 2.36. The molecule has 0 aliphatic carbocycles. The number of thiophene rings is 1. The Bertz CT molecular complexity index is 743. The Hall–Kier alpha value is -1.92. The predicted molar refractivity (Wildman–Crippen MR) is 91.6 cm³/mol. The second-order valence-electron chi connectivity index (χ2n) is 4.74. The third-order valence-electron chi connectivity index (χ3n) is 3.26. The number of hydrogen-bond acceptors (Lipinski definition) is 5. The molecule has 0 aromatic carbocycles. The SMILES string of the molecule is CCOC(=O)c1c(NC(=O)c2ccnc(Cl)c2)sc(C)c1CC. The fraction of sp³-hybridized carbons (Fsp3) is 0.312. The van der Waals surface area contributed by atoms with Gasteiger partial charge in [-0.3, -0.25) is 4.79 Å². The molecule has 0 fully saturated rings. The summed E-state index contributed by atoms with van der Waals surface area (Å²) in [6.45, 7) is 5.92. The average Bonchev–Trinajstić information content (AvgIpc) is 2.82. The second kappa shape index (κ2) is 7.57. The number of esters is 1. The zero-order valence-corrected chi connectivity index (χ0v) is 14.7. The quantitative estimate of drug-likeness (QED) is 0.649. The molecule has 0 atom stereocenters. The number of anilines is 1. The van der Waals surface area contributed by atoms with Gasteiger partial charge in [-0.25, -0.2) is 9.78 Å². The molecule has 0 aliphatic heterocycles. The van der Waals surface area contributed by atoms with Crippen LogP contribution in [0.4, 0.5) is 5.00 Å². The van der Waals surface area contributed by atoms with Crippen molar-refractivity contribution in [3.63, 3.8) is 0 Å². The van der Waals surface area contributed by atoms with Crippen molar-refractivity contribution in [1.82, 2.24) is 4.98 Å². The van der Waals surface area contributed by atoms with Gasteiger partial charge < -0.3 is 10.1 Å². The minimum Gasteiger partial charge on any atom is -0.462 e. The van der Waals surface area contributed by atoms with Crippen LogP contribution in [-0.2, 0) is 11.2 Å². The molecular formula is C16H17ClN2O3S. The summed E-state index contributed by atoms with van der Waals surface area (Å²) in [5.74, 6) is -0.763.